The monoisotopic (exact) mass is 244 g/mol. The maximum Gasteiger partial charge on any atom is 0.224 e. The predicted molar refractivity (Wildman–Crippen MR) is 70.8 cm³/mol. The van der Waals surface area contributed by atoms with Crippen LogP contribution in [-0.4, -0.2) is 44.2 Å². The van der Waals surface area contributed by atoms with Crippen molar-refractivity contribution in [2.45, 2.75) is 40.0 Å². The molecule has 0 aromatic rings. The molecule has 102 valence electrons. The lowest BCUT2D eigenvalue weighted by molar-refractivity contribution is -0.131. The van der Waals surface area contributed by atoms with E-state index in [1.54, 1.807) is 4.90 Å². The highest BCUT2D eigenvalue weighted by molar-refractivity contribution is 5.75. The minimum Gasteiger partial charge on any atom is -0.381 e. The maximum absolute atomic E-state index is 11.6. The lowest BCUT2D eigenvalue weighted by Crippen LogP contribution is -2.29. The van der Waals surface area contributed by atoms with Crippen LogP contribution in [0.5, 0.6) is 0 Å². The highest BCUT2D eigenvalue weighted by Gasteiger charge is 2.10. The first-order valence-electron chi connectivity index (χ1n) is 6.38. The Bertz CT molecular complexity index is 212. The third-order valence-corrected chi connectivity index (χ3v) is 2.58. The Balaban J connectivity index is 3.51. The second-order valence-corrected chi connectivity index (χ2v) is 5.63. The van der Waals surface area contributed by atoms with Crippen LogP contribution >= 0.6 is 0 Å². The fourth-order valence-electron chi connectivity index (χ4n) is 1.28. The lowest BCUT2D eigenvalue weighted by atomic mass is 9.93. The van der Waals surface area contributed by atoms with E-state index in [1.807, 2.05) is 7.05 Å². The first-order chi connectivity index (χ1) is 7.87. The third-order valence-electron chi connectivity index (χ3n) is 2.58. The van der Waals surface area contributed by atoms with Crippen LogP contribution in [0.25, 0.3) is 0 Å². The van der Waals surface area contributed by atoms with E-state index in [1.165, 1.54) is 0 Å². The molecule has 0 saturated heterocycles. The smallest absolute Gasteiger partial charge is 0.224 e. The molecule has 0 aromatic carbocycles. The number of amides is 1. The van der Waals surface area contributed by atoms with E-state index in [2.05, 4.69) is 20.8 Å². The fourth-order valence-corrected chi connectivity index (χ4v) is 1.28. The zero-order valence-electron chi connectivity index (χ0n) is 11.8. The van der Waals surface area contributed by atoms with Crippen molar-refractivity contribution < 1.29 is 9.53 Å². The number of rotatable bonds is 8. The molecule has 0 radical (unpaired) electrons. The molecule has 0 fully saturated rings. The molecular weight excluding hydrogens is 216 g/mol. The van der Waals surface area contributed by atoms with Crippen molar-refractivity contribution in [3.63, 3.8) is 0 Å². The summed E-state index contributed by atoms with van der Waals surface area (Å²) >= 11 is 0. The zero-order chi connectivity index (χ0) is 13.3. The summed E-state index contributed by atoms with van der Waals surface area (Å²) in [6.07, 6.45) is 2.34. The molecule has 0 heterocycles. The van der Waals surface area contributed by atoms with Crippen LogP contribution < -0.4 is 5.73 Å². The molecule has 0 aromatic heterocycles. The molecule has 0 aliphatic heterocycles. The number of hydrogen-bond acceptors (Lipinski definition) is 3. The highest BCUT2D eigenvalue weighted by Crippen LogP contribution is 2.17. The average molecular weight is 244 g/mol. The summed E-state index contributed by atoms with van der Waals surface area (Å²) in [4.78, 5) is 13.3. The van der Waals surface area contributed by atoms with Gasteiger partial charge in [-0.15, -0.1) is 0 Å². The molecule has 0 aliphatic rings. The van der Waals surface area contributed by atoms with Gasteiger partial charge in [0.15, 0.2) is 0 Å². The van der Waals surface area contributed by atoms with Gasteiger partial charge in [0.1, 0.15) is 0 Å². The molecule has 0 spiro atoms. The minimum absolute atomic E-state index is 0.134. The molecule has 4 heteroatoms. The number of nitrogens with zero attached hydrogens (tertiary/aromatic N) is 1. The van der Waals surface area contributed by atoms with Crippen molar-refractivity contribution in [1.29, 1.82) is 0 Å². The SMILES string of the molecule is CN(CCCN)C(=O)CCOCCC(C)(C)C. The van der Waals surface area contributed by atoms with Crippen LogP contribution in [0.2, 0.25) is 0 Å². The van der Waals surface area contributed by atoms with Gasteiger partial charge in [-0.2, -0.15) is 0 Å². The van der Waals surface area contributed by atoms with Crippen LogP contribution in [-0.2, 0) is 9.53 Å². The lowest BCUT2D eigenvalue weighted by Gasteiger charge is -2.19. The van der Waals surface area contributed by atoms with E-state index in [9.17, 15) is 4.79 Å². The molecule has 2 N–H and O–H groups in total. The first-order valence-corrected chi connectivity index (χ1v) is 6.38. The van der Waals surface area contributed by atoms with Crippen molar-refractivity contribution in [2.75, 3.05) is 33.4 Å². The molecule has 17 heavy (non-hydrogen) atoms. The van der Waals surface area contributed by atoms with Crippen molar-refractivity contribution in [2.24, 2.45) is 11.1 Å². The van der Waals surface area contributed by atoms with Gasteiger partial charge >= 0.3 is 0 Å². The van der Waals surface area contributed by atoms with Gasteiger partial charge in [0.25, 0.3) is 0 Å². The summed E-state index contributed by atoms with van der Waals surface area (Å²) in [6, 6.07) is 0. The minimum atomic E-state index is 0.134. The molecule has 0 rings (SSSR count). The largest absolute Gasteiger partial charge is 0.381 e. The molecule has 0 aliphatic carbocycles. The molecule has 1 amide bonds. The van der Waals surface area contributed by atoms with Crippen LogP contribution in [0.15, 0.2) is 0 Å². The Labute approximate surface area is 105 Å². The van der Waals surface area contributed by atoms with Crippen LogP contribution in [0, 0.1) is 5.41 Å². The Hall–Kier alpha value is -0.610. The summed E-state index contributed by atoms with van der Waals surface area (Å²) < 4.78 is 5.46. The number of carbonyl (C=O) groups is 1. The van der Waals surface area contributed by atoms with Gasteiger partial charge in [0.2, 0.25) is 5.91 Å². The summed E-state index contributed by atoms with van der Waals surface area (Å²) in [5.41, 5.74) is 5.69. The number of ether oxygens (including phenoxy) is 1. The van der Waals surface area contributed by atoms with Crippen LogP contribution in [0.1, 0.15) is 40.0 Å². The predicted octanol–water partition coefficient (Wildman–Crippen LogP) is 1.64. The molecule has 0 bridgehead atoms. The summed E-state index contributed by atoms with van der Waals surface area (Å²) in [5.74, 6) is 0.134. The van der Waals surface area contributed by atoms with E-state index in [4.69, 9.17) is 10.5 Å². The molecule has 4 nitrogen and oxygen atoms in total. The van der Waals surface area contributed by atoms with Gasteiger partial charge in [-0.1, -0.05) is 20.8 Å². The Morgan fingerprint density at radius 1 is 1.29 bits per heavy atom. The van der Waals surface area contributed by atoms with Crippen molar-refractivity contribution in [3.05, 3.63) is 0 Å². The van der Waals surface area contributed by atoms with Crippen LogP contribution in [0.4, 0.5) is 0 Å². The van der Waals surface area contributed by atoms with E-state index < -0.39 is 0 Å². The Kier molecular flexibility index (Phi) is 8.17. The van der Waals surface area contributed by atoms with E-state index in [0.29, 0.717) is 25.0 Å². The van der Waals surface area contributed by atoms with Gasteiger partial charge in [-0.05, 0) is 24.8 Å². The second-order valence-electron chi connectivity index (χ2n) is 5.63. The average Bonchev–Trinajstić information content (AvgIpc) is 2.23. The quantitative estimate of drug-likeness (QED) is 0.660. The zero-order valence-corrected chi connectivity index (χ0v) is 11.8. The van der Waals surface area contributed by atoms with Gasteiger partial charge in [-0.25, -0.2) is 0 Å². The number of nitrogens with two attached hydrogens (primary N) is 1. The number of carbonyl (C=O) groups excluding carboxylic acids is 1. The maximum atomic E-state index is 11.6. The summed E-state index contributed by atoms with van der Waals surface area (Å²) in [5, 5.41) is 0. The van der Waals surface area contributed by atoms with Gasteiger partial charge in [0, 0.05) is 20.2 Å². The summed E-state index contributed by atoms with van der Waals surface area (Å²) in [7, 11) is 1.81. The second kappa shape index (κ2) is 8.48. The van der Waals surface area contributed by atoms with E-state index in [-0.39, 0.29) is 5.91 Å². The van der Waals surface area contributed by atoms with E-state index in [0.717, 1.165) is 26.0 Å². The first kappa shape index (κ1) is 16.4. The van der Waals surface area contributed by atoms with Gasteiger partial charge in [0.05, 0.1) is 13.0 Å². The van der Waals surface area contributed by atoms with Crippen molar-refractivity contribution in [1.82, 2.24) is 4.90 Å². The highest BCUT2D eigenvalue weighted by atomic mass is 16.5. The Morgan fingerprint density at radius 3 is 2.47 bits per heavy atom. The Morgan fingerprint density at radius 2 is 1.94 bits per heavy atom. The normalized spacial score (nSPS) is 11.6. The molecule has 0 saturated carbocycles. The third kappa shape index (κ3) is 10.3. The summed E-state index contributed by atoms with van der Waals surface area (Å²) in [6.45, 7) is 9.15. The molecular formula is C13H28N2O2. The topological polar surface area (TPSA) is 55.6 Å². The van der Waals surface area contributed by atoms with Crippen molar-refractivity contribution >= 4 is 5.91 Å². The van der Waals surface area contributed by atoms with Gasteiger partial charge in [-0.3, -0.25) is 4.79 Å². The number of hydrogen-bond donors (Lipinski definition) is 1. The standard InChI is InChI=1S/C13H28N2O2/c1-13(2,3)7-11-17-10-6-12(16)15(4)9-5-8-14/h5-11,14H2,1-4H3. The van der Waals surface area contributed by atoms with Crippen LogP contribution in [0.3, 0.4) is 0 Å². The van der Waals surface area contributed by atoms with Crippen molar-refractivity contribution in [3.8, 4) is 0 Å². The molecule has 0 unspecified atom stereocenters. The fraction of sp³-hybridized carbons (Fsp3) is 0.923. The van der Waals surface area contributed by atoms with E-state index >= 15 is 0 Å². The van der Waals surface area contributed by atoms with Gasteiger partial charge < -0.3 is 15.4 Å². The molecule has 0 atom stereocenters.